The van der Waals surface area contributed by atoms with Crippen molar-refractivity contribution in [2.24, 2.45) is 0 Å². The summed E-state index contributed by atoms with van der Waals surface area (Å²) >= 11 is 3.39. The lowest BCUT2D eigenvalue weighted by Crippen LogP contribution is -2.13. The molecule has 2 rings (SSSR count). The number of benzene rings is 2. The van der Waals surface area contributed by atoms with E-state index in [1.54, 1.807) is 12.1 Å². The third-order valence-electron chi connectivity index (χ3n) is 2.76. The van der Waals surface area contributed by atoms with E-state index in [1.807, 2.05) is 38.1 Å². The molecule has 0 saturated carbocycles. The monoisotopic (exact) mass is 318 g/mol. The molecule has 0 aromatic heterocycles. The fraction of sp³-hybridized carbons (Fsp3) is 0.133. The van der Waals surface area contributed by atoms with Crippen molar-refractivity contribution in [2.45, 2.75) is 13.8 Å². The smallest absolute Gasteiger partial charge is 0.255 e. The number of hydrogen-bond donors (Lipinski definition) is 2. The first-order valence-electron chi connectivity index (χ1n) is 5.90. The van der Waals surface area contributed by atoms with Crippen molar-refractivity contribution in [1.29, 1.82) is 0 Å². The van der Waals surface area contributed by atoms with Crippen molar-refractivity contribution in [3.05, 3.63) is 57.6 Å². The summed E-state index contributed by atoms with van der Waals surface area (Å²) < 4.78 is 0.884. The van der Waals surface area contributed by atoms with Crippen LogP contribution in [0.3, 0.4) is 0 Å². The number of nitrogens with two attached hydrogens (primary N) is 1. The predicted molar refractivity (Wildman–Crippen MR) is 82.4 cm³/mol. The molecule has 0 aliphatic carbocycles. The van der Waals surface area contributed by atoms with Gasteiger partial charge in [0.15, 0.2) is 0 Å². The van der Waals surface area contributed by atoms with Crippen LogP contribution in [0.5, 0.6) is 0 Å². The molecule has 0 saturated heterocycles. The minimum atomic E-state index is -0.165. The third-order valence-corrected chi connectivity index (χ3v) is 3.22. The second-order valence-corrected chi connectivity index (χ2v) is 5.48. The normalized spacial score (nSPS) is 10.3. The van der Waals surface area contributed by atoms with Crippen LogP contribution in [-0.2, 0) is 0 Å². The zero-order chi connectivity index (χ0) is 14.0. The number of carbonyl (C=O) groups is 1. The Morgan fingerprint density at radius 1 is 1.11 bits per heavy atom. The number of halogens is 1. The predicted octanol–water partition coefficient (Wildman–Crippen LogP) is 3.90. The van der Waals surface area contributed by atoms with Crippen LogP contribution in [0.4, 0.5) is 11.4 Å². The highest BCUT2D eigenvalue weighted by Crippen LogP contribution is 2.21. The Labute approximate surface area is 121 Å². The zero-order valence-corrected chi connectivity index (χ0v) is 12.4. The van der Waals surface area contributed by atoms with Crippen molar-refractivity contribution in [1.82, 2.24) is 0 Å². The number of amides is 1. The van der Waals surface area contributed by atoms with Gasteiger partial charge in [0.1, 0.15) is 0 Å². The first kappa shape index (κ1) is 13.6. The molecule has 98 valence electrons. The number of rotatable bonds is 2. The fourth-order valence-corrected chi connectivity index (χ4v) is 2.45. The Balaban J connectivity index is 2.28. The van der Waals surface area contributed by atoms with Gasteiger partial charge < -0.3 is 11.1 Å². The lowest BCUT2D eigenvalue weighted by atomic mass is 10.1. The Morgan fingerprint density at radius 2 is 1.84 bits per heavy atom. The molecule has 0 radical (unpaired) electrons. The average molecular weight is 319 g/mol. The summed E-state index contributed by atoms with van der Waals surface area (Å²) in [7, 11) is 0. The maximum atomic E-state index is 12.2. The van der Waals surface area contributed by atoms with Crippen LogP contribution >= 0.6 is 15.9 Å². The van der Waals surface area contributed by atoms with E-state index in [-0.39, 0.29) is 5.91 Å². The van der Waals surface area contributed by atoms with Gasteiger partial charge in [-0.3, -0.25) is 4.79 Å². The van der Waals surface area contributed by atoms with Crippen LogP contribution in [0.2, 0.25) is 0 Å². The van der Waals surface area contributed by atoms with Crippen molar-refractivity contribution in [2.75, 3.05) is 11.1 Å². The maximum absolute atomic E-state index is 12.2. The van der Waals surface area contributed by atoms with Crippen LogP contribution in [0.15, 0.2) is 40.9 Å². The fourth-order valence-electron chi connectivity index (χ4n) is 1.84. The second-order valence-electron chi connectivity index (χ2n) is 4.56. The molecule has 3 N–H and O–H groups in total. The van der Waals surface area contributed by atoms with Gasteiger partial charge in [-0.2, -0.15) is 0 Å². The summed E-state index contributed by atoms with van der Waals surface area (Å²) in [5.41, 5.74) is 9.73. The third kappa shape index (κ3) is 3.35. The van der Waals surface area contributed by atoms with E-state index in [0.717, 1.165) is 15.6 Å². The van der Waals surface area contributed by atoms with Gasteiger partial charge in [-0.15, -0.1) is 0 Å². The zero-order valence-electron chi connectivity index (χ0n) is 10.8. The molecule has 4 heteroatoms. The molecular weight excluding hydrogens is 304 g/mol. The van der Waals surface area contributed by atoms with E-state index in [1.165, 1.54) is 0 Å². The van der Waals surface area contributed by atoms with Gasteiger partial charge in [0, 0.05) is 10.0 Å². The Hall–Kier alpha value is -1.81. The number of aryl methyl sites for hydroxylation is 2. The van der Waals surface area contributed by atoms with Gasteiger partial charge in [-0.05, 0) is 55.3 Å². The molecule has 0 fully saturated rings. The summed E-state index contributed by atoms with van der Waals surface area (Å²) in [6.45, 7) is 3.90. The molecule has 2 aromatic carbocycles. The van der Waals surface area contributed by atoms with E-state index in [2.05, 4.69) is 21.2 Å². The van der Waals surface area contributed by atoms with Crippen LogP contribution < -0.4 is 11.1 Å². The van der Waals surface area contributed by atoms with Crippen LogP contribution in [0.1, 0.15) is 21.5 Å². The SMILES string of the molecule is Cc1cc(Br)cc(C(=O)Nc2cc(C)ccc2N)c1. The molecule has 1 amide bonds. The van der Waals surface area contributed by atoms with E-state index < -0.39 is 0 Å². The minimum absolute atomic E-state index is 0.165. The van der Waals surface area contributed by atoms with E-state index >= 15 is 0 Å². The molecule has 0 aliphatic heterocycles. The van der Waals surface area contributed by atoms with Gasteiger partial charge in [0.25, 0.3) is 5.91 Å². The molecule has 0 unspecified atom stereocenters. The van der Waals surface area contributed by atoms with Gasteiger partial charge in [-0.25, -0.2) is 0 Å². The Morgan fingerprint density at radius 3 is 2.53 bits per heavy atom. The molecule has 3 nitrogen and oxygen atoms in total. The first-order valence-corrected chi connectivity index (χ1v) is 6.69. The van der Waals surface area contributed by atoms with Gasteiger partial charge >= 0.3 is 0 Å². The van der Waals surface area contributed by atoms with Gasteiger partial charge in [-0.1, -0.05) is 22.0 Å². The molecular formula is C15H15BrN2O. The van der Waals surface area contributed by atoms with Crippen LogP contribution in [0, 0.1) is 13.8 Å². The standard InChI is InChI=1S/C15H15BrN2O/c1-9-3-4-13(17)14(7-9)18-15(19)11-5-10(2)6-12(16)8-11/h3-8H,17H2,1-2H3,(H,18,19). The van der Waals surface area contributed by atoms with E-state index in [0.29, 0.717) is 16.9 Å². The highest BCUT2D eigenvalue weighted by atomic mass is 79.9. The van der Waals surface area contributed by atoms with Gasteiger partial charge in [0.05, 0.1) is 11.4 Å². The molecule has 0 aliphatic rings. The summed E-state index contributed by atoms with van der Waals surface area (Å²) in [5.74, 6) is -0.165. The average Bonchev–Trinajstić information content (AvgIpc) is 2.32. The molecule has 0 atom stereocenters. The number of carbonyl (C=O) groups excluding carboxylic acids is 1. The lowest BCUT2D eigenvalue weighted by Gasteiger charge is -2.10. The van der Waals surface area contributed by atoms with Crippen molar-refractivity contribution in [3.8, 4) is 0 Å². The maximum Gasteiger partial charge on any atom is 0.255 e. The van der Waals surface area contributed by atoms with E-state index in [4.69, 9.17) is 5.73 Å². The van der Waals surface area contributed by atoms with Crippen molar-refractivity contribution >= 4 is 33.2 Å². The van der Waals surface area contributed by atoms with Crippen LogP contribution in [0.25, 0.3) is 0 Å². The summed E-state index contributed by atoms with van der Waals surface area (Å²) in [4.78, 5) is 12.2. The van der Waals surface area contributed by atoms with Crippen LogP contribution in [-0.4, -0.2) is 5.91 Å². The highest BCUT2D eigenvalue weighted by molar-refractivity contribution is 9.10. The van der Waals surface area contributed by atoms with Crippen molar-refractivity contribution in [3.63, 3.8) is 0 Å². The molecule has 0 bridgehead atoms. The quantitative estimate of drug-likeness (QED) is 0.825. The lowest BCUT2D eigenvalue weighted by molar-refractivity contribution is 0.102. The number of nitrogens with one attached hydrogen (secondary N) is 1. The summed E-state index contributed by atoms with van der Waals surface area (Å²) in [5, 5.41) is 2.84. The Bertz CT molecular complexity index is 618. The Kier molecular flexibility index (Phi) is 3.90. The number of anilines is 2. The van der Waals surface area contributed by atoms with Gasteiger partial charge in [0.2, 0.25) is 0 Å². The second kappa shape index (κ2) is 5.45. The topological polar surface area (TPSA) is 55.1 Å². The summed E-state index contributed by atoms with van der Waals surface area (Å²) in [6, 6.07) is 11.1. The first-order chi connectivity index (χ1) is 8.95. The number of nitrogen functional groups attached to an aromatic ring is 1. The molecule has 2 aromatic rings. The molecule has 19 heavy (non-hydrogen) atoms. The number of hydrogen-bond acceptors (Lipinski definition) is 2. The largest absolute Gasteiger partial charge is 0.397 e. The highest BCUT2D eigenvalue weighted by Gasteiger charge is 2.09. The van der Waals surface area contributed by atoms with Crippen molar-refractivity contribution < 1.29 is 4.79 Å². The molecule has 0 heterocycles. The summed E-state index contributed by atoms with van der Waals surface area (Å²) in [6.07, 6.45) is 0. The minimum Gasteiger partial charge on any atom is -0.397 e. The van der Waals surface area contributed by atoms with E-state index in [9.17, 15) is 4.79 Å². The molecule has 0 spiro atoms.